The highest BCUT2D eigenvalue weighted by Gasteiger charge is 2.26. The first-order valence-electron chi connectivity index (χ1n) is 9.63. The Morgan fingerprint density at radius 1 is 1.00 bits per heavy atom. The van der Waals surface area contributed by atoms with Crippen molar-refractivity contribution in [2.45, 2.75) is 9.79 Å². The van der Waals surface area contributed by atoms with Gasteiger partial charge in [-0.1, -0.05) is 0 Å². The van der Waals surface area contributed by atoms with Crippen molar-refractivity contribution in [2.24, 2.45) is 5.14 Å². The quantitative estimate of drug-likeness (QED) is 0.401. The van der Waals surface area contributed by atoms with Crippen molar-refractivity contribution in [3.63, 3.8) is 0 Å². The van der Waals surface area contributed by atoms with E-state index in [1.807, 2.05) is 0 Å². The number of nitrogens with two attached hydrogens (primary N) is 1. The van der Waals surface area contributed by atoms with Crippen molar-refractivity contribution in [2.75, 3.05) is 40.0 Å². The molecule has 1 aliphatic rings. The predicted octanol–water partition coefficient (Wildman–Crippen LogP) is 0.403. The summed E-state index contributed by atoms with van der Waals surface area (Å²) in [5.74, 6) is -1.53. The second kappa shape index (κ2) is 9.97. The van der Waals surface area contributed by atoms with Crippen molar-refractivity contribution >= 4 is 31.8 Å². The minimum Gasteiger partial charge on any atom is -0.496 e. The lowest BCUT2D eigenvalue weighted by Gasteiger charge is -2.26. The van der Waals surface area contributed by atoms with Crippen LogP contribution in [0.5, 0.6) is 5.75 Å². The maximum Gasteiger partial charge on any atom is 0.342 e. The third-order valence-corrected chi connectivity index (χ3v) is 7.66. The van der Waals surface area contributed by atoms with Crippen LogP contribution in [0, 0.1) is 0 Å². The molecule has 33 heavy (non-hydrogen) atoms. The third-order valence-electron chi connectivity index (χ3n) is 4.84. The highest BCUT2D eigenvalue weighted by Crippen LogP contribution is 2.23. The number of benzene rings is 2. The molecule has 178 valence electrons. The number of carbonyl (C=O) groups is 2. The number of methoxy groups -OCH3 is 1. The van der Waals surface area contributed by atoms with E-state index in [2.05, 4.69) is 0 Å². The van der Waals surface area contributed by atoms with Crippen LogP contribution in [-0.4, -0.2) is 72.9 Å². The standard InChI is InChI=1S/C20H22N2O9S2/c1-29-19-7-6-16(32(21,25)26)12-17(19)20(24)31-13-18(23)14-2-4-15(5-3-14)33(27,28)22-8-10-30-11-9-22/h2-7,12H,8-11,13H2,1H3,(H2,21,25,26). The molecule has 13 heteroatoms. The number of carbonyl (C=O) groups excluding carboxylic acids is 2. The number of ketones is 1. The lowest BCUT2D eigenvalue weighted by atomic mass is 10.1. The van der Waals surface area contributed by atoms with Gasteiger partial charge in [0.15, 0.2) is 12.4 Å². The summed E-state index contributed by atoms with van der Waals surface area (Å²) in [6, 6.07) is 8.66. The van der Waals surface area contributed by atoms with Crippen molar-refractivity contribution in [1.82, 2.24) is 4.31 Å². The zero-order valence-corrected chi connectivity index (χ0v) is 19.2. The van der Waals surface area contributed by atoms with Gasteiger partial charge < -0.3 is 14.2 Å². The zero-order chi connectivity index (χ0) is 24.2. The van der Waals surface area contributed by atoms with Crippen LogP contribution < -0.4 is 9.88 Å². The fourth-order valence-corrected chi connectivity index (χ4v) is 5.01. The summed E-state index contributed by atoms with van der Waals surface area (Å²) >= 11 is 0. The van der Waals surface area contributed by atoms with E-state index in [-0.39, 0.29) is 39.8 Å². The molecular weight excluding hydrogens is 476 g/mol. The maximum atomic E-state index is 12.7. The number of Topliss-reactive ketones (excluding diaryl/α,β-unsaturated/α-hetero) is 1. The van der Waals surface area contributed by atoms with Crippen molar-refractivity contribution < 1.29 is 40.6 Å². The first-order valence-corrected chi connectivity index (χ1v) is 12.6. The Morgan fingerprint density at radius 2 is 1.61 bits per heavy atom. The number of primary sulfonamides is 1. The van der Waals surface area contributed by atoms with E-state index in [0.29, 0.717) is 13.2 Å². The van der Waals surface area contributed by atoms with Gasteiger partial charge in [0, 0.05) is 18.7 Å². The van der Waals surface area contributed by atoms with Crippen LogP contribution in [0.15, 0.2) is 52.3 Å². The Bertz CT molecular complexity index is 1250. The number of hydrogen-bond donors (Lipinski definition) is 1. The zero-order valence-electron chi connectivity index (χ0n) is 17.6. The van der Waals surface area contributed by atoms with Gasteiger partial charge in [0.25, 0.3) is 0 Å². The molecular formula is C20H22N2O9S2. The molecule has 2 aromatic rings. The predicted molar refractivity (Wildman–Crippen MR) is 115 cm³/mol. The highest BCUT2D eigenvalue weighted by atomic mass is 32.2. The summed E-state index contributed by atoms with van der Waals surface area (Å²) in [5, 5.41) is 5.08. The Hall–Kier alpha value is -2.84. The van der Waals surface area contributed by atoms with Gasteiger partial charge in [0.2, 0.25) is 20.0 Å². The molecule has 1 aliphatic heterocycles. The van der Waals surface area contributed by atoms with E-state index < -0.39 is 38.4 Å². The molecule has 1 saturated heterocycles. The second-order valence-electron chi connectivity index (χ2n) is 6.95. The van der Waals surface area contributed by atoms with Crippen LogP contribution in [0.3, 0.4) is 0 Å². The average molecular weight is 499 g/mol. The Labute approximate surface area is 191 Å². The first kappa shape index (κ1) is 24.8. The van der Waals surface area contributed by atoms with Crippen molar-refractivity contribution in [3.05, 3.63) is 53.6 Å². The Kier molecular flexibility index (Phi) is 7.49. The number of esters is 1. The summed E-state index contributed by atoms with van der Waals surface area (Å²) in [6.07, 6.45) is 0. The molecule has 0 aromatic heterocycles. The minimum atomic E-state index is -4.07. The molecule has 2 aromatic carbocycles. The maximum absolute atomic E-state index is 12.7. The van der Waals surface area contributed by atoms with Gasteiger partial charge in [0.05, 0.1) is 30.1 Å². The van der Waals surface area contributed by atoms with Gasteiger partial charge in [-0.05, 0) is 42.5 Å². The van der Waals surface area contributed by atoms with Gasteiger partial charge >= 0.3 is 5.97 Å². The summed E-state index contributed by atoms with van der Waals surface area (Å²) in [5.41, 5.74) is -0.0854. The van der Waals surface area contributed by atoms with Crippen LogP contribution in [0.25, 0.3) is 0 Å². The summed E-state index contributed by atoms with van der Waals surface area (Å²) < 4.78 is 64.9. The third kappa shape index (κ3) is 5.75. The van der Waals surface area contributed by atoms with Crippen LogP contribution in [0.4, 0.5) is 0 Å². The Balaban J connectivity index is 1.69. The molecule has 1 fully saturated rings. The number of ether oxygens (including phenoxy) is 3. The minimum absolute atomic E-state index is 0.0301. The molecule has 0 aliphatic carbocycles. The number of morpholine rings is 1. The molecule has 0 unspecified atom stereocenters. The SMILES string of the molecule is COc1ccc(S(N)(=O)=O)cc1C(=O)OCC(=O)c1ccc(S(=O)(=O)N2CCOCC2)cc1. The molecule has 0 spiro atoms. The van der Waals surface area contributed by atoms with Gasteiger partial charge in [-0.15, -0.1) is 0 Å². The molecule has 0 saturated carbocycles. The molecule has 0 amide bonds. The van der Waals surface area contributed by atoms with E-state index in [4.69, 9.17) is 19.3 Å². The van der Waals surface area contributed by atoms with Crippen LogP contribution in [0.2, 0.25) is 0 Å². The van der Waals surface area contributed by atoms with E-state index in [9.17, 15) is 26.4 Å². The van der Waals surface area contributed by atoms with Crippen molar-refractivity contribution in [1.29, 1.82) is 0 Å². The smallest absolute Gasteiger partial charge is 0.342 e. The highest BCUT2D eigenvalue weighted by molar-refractivity contribution is 7.89. The molecule has 1 heterocycles. The summed E-state index contributed by atoms with van der Waals surface area (Å²) in [7, 11) is -6.50. The van der Waals surface area contributed by atoms with Crippen LogP contribution in [0.1, 0.15) is 20.7 Å². The number of hydrogen-bond acceptors (Lipinski definition) is 9. The van der Waals surface area contributed by atoms with E-state index in [1.54, 1.807) is 0 Å². The normalized spacial score (nSPS) is 15.1. The summed E-state index contributed by atoms with van der Waals surface area (Å²) in [4.78, 5) is 24.5. The lowest BCUT2D eigenvalue weighted by Crippen LogP contribution is -2.40. The van der Waals surface area contributed by atoms with Crippen LogP contribution >= 0.6 is 0 Å². The number of rotatable bonds is 8. The molecule has 0 atom stereocenters. The Morgan fingerprint density at radius 3 is 2.18 bits per heavy atom. The molecule has 11 nitrogen and oxygen atoms in total. The first-order chi connectivity index (χ1) is 15.5. The fourth-order valence-electron chi connectivity index (χ4n) is 3.06. The van der Waals surface area contributed by atoms with Gasteiger partial charge in [-0.3, -0.25) is 4.79 Å². The average Bonchev–Trinajstić information content (AvgIpc) is 2.82. The van der Waals surface area contributed by atoms with E-state index in [0.717, 1.165) is 6.07 Å². The molecule has 2 N–H and O–H groups in total. The lowest BCUT2D eigenvalue weighted by molar-refractivity contribution is 0.0471. The van der Waals surface area contributed by atoms with Gasteiger partial charge in [-0.25, -0.2) is 26.8 Å². The number of sulfonamides is 2. The monoisotopic (exact) mass is 498 g/mol. The number of nitrogens with zero attached hydrogens (tertiary/aromatic N) is 1. The molecule has 0 radical (unpaired) electrons. The van der Waals surface area contributed by atoms with Crippen molar-refractivity contribution in [3.8, 4) is 5.75 Å². The largest absolute Gasteiger partial charge is 0.496 e. The van der Waals surface area contributed by atoms with Crippen LogP contribution in [-0.2, 0) is 29.5 Å². The van der Waals surface area contributed by atoms with Gasteiger partial charge in [-0.2, -0.15) is 4.31 Å². The van der Waals surface area contributed by atoms with Gasteiger partial charge in [0.1, 0.15) is 11.3 Å². The molecule has 3 rings (SSSR count). The fraction of sp³-hybridized carbons (Fsp3) is 0.300. The summed E-state index contributed by atoms with van der Waals surface area (Å²) in [6.45, 7) is 0.458. The van der Waals surface area contributed by atoms with E-state index in [1.165, 1.54) is 47.8 Å². The molecule has 0 bridgehead atoms. The second-order valence-corrected chi connectivity index (χ2v) is 10.4. The van der Waals surface area contributed by atoms with E-state index >= 15 is 0 Å². The topological polar surface area (TPSA) is 159 Å².